The number of hydrogen-bond donors (Lipinski definition) is 3. The molecule has 5 nitrogen and oxygen atoms in total. The average Bonchev–Trinajstić information content (AvgIpc) is 3.21. The number of unbranched alkanes of at least 4 members (excludes halogenated alkanes) is 1. The molecule has 208 valence electrons. The van der Waals surface area contributed by atoms with Crippen molar-refractivity contribution in [2.24, 2.45) is 28.6 Å². The lowest BCUT2D eigenvalue weighted by Gasteiger charge is -2.44. The Morgan fingerprint density at radius 3 is 2.68 bits per heavy atom. The van der Waals surface area contributed by atoms with Crippen LogP contribution >= 0.6 is 0 Å². The Kier molecular flexibility index (Phi) is 10.0. The van der Waals surface area contributed by atoms with Gasteiger partial charge in [-0.3, -0.25) is 4.79 Å². The summed E-state index contributed by atoms with van der Waals surface area (Å²) in [6, 6.07) is 0. The first-order valence-corrected chi connectivity index (χ1v) is 14.4. The first-order valence-electron chi connectivity index (χ1n) is 14.4. The van der Waals surface area contributed by atoms with Crippen molar-refractivity contribution in [2.75, 3.05) is 6.61 Å². The molecule has 0 unspecified atom stereocenters. The van der Waals surface area contributed by atoms with E-state index in [0.717, 1.165) is 49.7 Å². The number of carbonyl (C=O) groups excluding carboxylic acids is 1. The van der Waals surface area contributed by atoms with E-state index in [1.165, 1.54) is 12.0 Å². The molecule has 0 bridgehead atoms. The summed E-state index contributed by atoms with van der Waals surface area (Å²) in [5.41, 5.74) is 2.37. The lowest BCUT2D eigenvalue weighted by molar-refractivity contribution is -0.158. The Morgan fingerprint density at radius 2 is 1.97 bits per heavy atom. The van der Waals surface area contributed by atoms with Crippen LogP contribution in [0.25, 0.3) is 0 Å². The minimum absolute atomic E-state index is 0.189. The Bertz CT molecular complexity index is 912. The molecule has 0 aromatic rings. The van der Waals surface area contributed by atoms with Gasteiger partial charge in [0.25, 0.3) is 0 Å². The van der Waals surface area contributed by atoms with Gasteiger partial charge in [-0.1, -0.05) is 63.6 Å². The van der Waals surface area contributed by atoms with Crippen LogP contribution in [0.15, 0.2) is 47.6 Å². The Morgan fingerprint density at radius 1 is 1.24 bits per heavy atom. The molecule has 0 radical (unpaired) electrons. The number of rotatable bonds is 9. The van der Waals surface area contributed by atoms with Gasteiger partial charge in [0.1, 0.15) is 0 Å². The van der Waals surface area contributed by atoms with E-state index in [9.17, 15) is 20.1 Å². The predicted molar refractivity (Wildman–Crippen MR) is 149 cm³/mol. The molecular formula is C32H50O5. The highest BCUT2D eigenvalue weighted by Gasteiger charge is 2.50. The van der Waals surface area contributed by atoms with Gasteiger partial charge in [-0.2, -0.15) is 0 Å². The predicted octanol–water partition coefficient (Wildman–Crippen LogP) is 6.05. The molecule has 0 saturated heterocycles. The van der Waals surface area contributed by atoms with Gasteiger partial charge >= 0.3 is 5.97 Å². The number of esters is 1. The fourth-order valence-corrected chi connectivity index (χ4v) is 6.88. The van der Waals surface area contributed by atoms with E-state index < -0.39 is 23.7 Å². The van der Waals surface area contributed by atoms with Crippen molar-refractivity contribution in [3.63, 3.8) is 0 Å². The van der Waals surface area contributed by atoms with Crippen molar-refractivity contribution in [3.8, 4) is 0 Å². The second kappa shape index (κ2) is 12.4. The molecule has 0 spiro atoms. The summed E-state index contributed by atoms with van der Waals surface area (Å²) in [6.45, 7) is 14.7. The summed E-state index contributed by atoms with van der Waals surface area (Å²) < 4.78 is 5.38. The summed E-state index contributed by atoms with van der Waals surface area (Å²) in [5, 5.41) is 31.1. The first kappa shape index (κ1) is 29.9. The molecule has 3 saturated carbocycles. The molecule has 0 aromatic heterocycles. The number of ether oxygens (including phenoxy) is 1. The molecule has 0 amide bonds. The Labute approximate surface area is 224 Å². The van der Waals surface area contributed by atoms with Gasteiger partial charge < -0.3 is 20.1 Å². The standard InChI is InChI=1S/C32H50O5/c1-7-8-18-37-30(36)31(4,5)29(35)16-11-21(2)26-14-15-27-23(10-9-17-32(26,27)6)12-13-24-19-25(33)20-28(34)22(24)3/h11-13,16,21,25-29,33-35H,3,7-10,14-15,17-20H2,1-2,4-6H3/b16-11+,23-12+,24-13-/t21-,25-,26-,27+,28+,29-,32-/m1/s1. The average molecular weight is 515 g/mol. The summed E-state index contributed by atoms with van der Waals surface area (Å²) in [4.78, 5) is 12.5. The van der Waals surface area contributed by atoms with E-state index in [1.807, 2.05) is 0 Å². The molecule has 3 N–H and O–H groups in total. The van der Waals surface area contributed by atoms with E-state index in [4.69, 9.17) is 4.74 Å². The van der Waals surface area contributed by atoms with Gasteiger partial charge in [0, 0.05) is 6.42 Å². The van der Waals surface area contributed by atoms with Gasteiger partial charge in [-0.05, 0) is 93.1 Å². The second-order valence-corrected chi connectivity index (χ2v) is 12.6. The van der Waals surface area contributed by atoms with Gasteiger partial charge in [0.05, 0.1) is 30.3 Å². The fraction of sp³-hybridized carbons (Fsp3) is 0.719. The van der Waals surface area contributed by atoms with Crippen LogP contribution < -0.4 is 0 Å². The van der Waals surface area contributed by atoms with Crippen molar-refractivity contribution in [2.45, 2.75) is 111 Å². The summed E-state index contributed by atoms with van der Waals surface area (Å²) in [7, 11) is 0. The normalized spacial score (nSPS) is 34.6. The summed E-state index contributed by atoms with van der Waals surface area (Å²) >= 11 is 0. The molecule has 0 heterocycles. The van der Waals surface area contributed by atoms with Crippen molar-refractivity contribution in [1.29, 1.82) is 0 Å². The van der Waals surface area contributed by atoms with E-state index in [2.05, 4.69) is 45.6 Å². The molecule has 7 atom stereocenters. The van der Waals surface area contributed by atoms with Crippen LogP contribution in [-0.4, -0.2) is 46.2 Å². The number of aliphatic hydroxyl groups is 3. The largest absolute Gasteiger partial charge is 0.465 e. The van der Waals surface area contributed by atoms with E-state index in [0.29, 0.717) is 31.3 Å². The number of hydrogen-bond acceptors (Lipinski definition) is 5. The molecule has 3 aliphatic carbocycles. The number of allylic oxidation sites excluding steroid dienone is 4. The zero-order chi connectivity index (χ0) is 27.4. The SMILES string of the molecule is C=C1/C(=C\C=C2/CCC[C@]3(C)[C@@H]([C@H](C)/C=C/[C@@H](O)C(C)(C)C(=O)OCCCC)CC[C@@H]23)C[C@@H](O)C[C@@H]1O. The topological polar surface area (TPSA) is 87.0 Å². The Hall–Kier alpha value is -1.69. The molecule has 3 aliphatic rings. The maximum atomic E-state index is 12.5. The quantitative estimate of drug-likeness (QED) is 0.198. The third kappa shape index (κ3) is 6.66. The molecule has 37 heavy (non-hydrogen) atoms. The van der Waals surface area contributed by atoms with E-state index in [-0.39, 0.29) is 17.3 Å². The van der Waals surface area contributed by atoms with Crippen molar-refractivity contribution < 1.29 is 24.9 Å². The first-order chi connectivity index (χ1) is 17.4. The highest BCUT2D eigenvalue weighted by molar-refractivity contribution is 5.77. The number of carbonyl (C=O) groups is 1. The van der Waals surface area contributed by atoms with Crippen molar-refractivity contribution in [1.82, 2.24) is 0 Å². The van der Waals surface area contributed by atoms with Gasteiger partial charge in [-0.15, -0.1) is 0 Å². The number of aliphatic hydroxyl groups excluding tert-OH is 3. The second-order valence-electron chi connectivity index (χ2n) is 12.6. The van der Waals surface area contributed by atoms with Crippen LogP contribution in [0.3, 0.4) is 0 Å². The lowest BCUT2D eigenvalue weighted by atomic mass is 9.61. The van der Waals surface area contributed by atoms with Crippen LogP contribution in [0.4, 0.5) is 0 Å². The third-order valence-corrected chi connectivity index (χ3v) is 9.53. The third-order valence-electron chi connectivity index (χ3n) is 9.53. The Balaban J connectivity index is 1.69. The highest BCUT2D eigenvalue weighted by Crippen LogP contribution is 2.59. The van der Waals surface area contributed by atoms with Gasteiger partial charge in [0.2, 0.25) is 0 Å². The van der Waals surface area contributed by atoms with Crippen molar-refractivity contribution >= 4 is 5.97 Å². The fourth-order valence-electron chi connectivity index (χ4n) is 6.88. The van der Waals surface area contributed by atoms with Crippen molar-refractivity contribution in [3.05, 3.63) is 47.6 Å². The maximum Gasteiger partial charge on any atom is 0.314 e. The maximum absolute atomic E-state index is 12.5. The minimum atomic E-state index is -0.982. The van der Waals surface area contributed by atoms with Crippen LogP contribution in [0.5, 0.6) is 0 Å². The zero-order valence-electron chi connectivity index (χ0n) is 23.7. The van der Waals surface area contributed by atoms with Crippen LogP contribution in [0, 0.1) is 28.6 Å². The van der Waals surface area contributed by atoms with Crippen LogP contribution in [-0.2, 0) is 9.53 Å². The zero-order valence-corrected chi connectivity index (χ0v) is 23.7. The smallest absolute Gasteiger partial charge is 0.314 e. The molecule has 0 aromatic carbocycles. The van der Waals surface area contributed by atoms with Gasteiger partial charge in [0.15, 0.2) is 0 Å². The van der Waals surface area contributed by atoms with Gasteiger partial charge in [-0.25, -0.2) is 0 Å². The molecule has 5 heteroatoms. The monoisotopic (exact) mass is 514 g/mol. The number of fused-ring (bicyclic) bond motifs is 1. The summed E-state index contributed by atoms with van der Waals surface area (Å²) in [5.74, 6) is 0.957. The molecule has 0 aliphatic heterocycles. The lowest BCUT2D eigenvalue weighted by Crippen LogP contribution is -2.38. The molecule has 3 fully saturated rings. The molecular weight excluding hydrogens is 464 g/mol. The van der Waals surface area contributed by atoms with Crippen LogP contribution in [0.1, 0.15) is 92.4 Å². The van der Waals surface area contributed by atoms with Crippen LogP contribution in [0.2, 0.25) is 0 Å². The summed E-state index contributed by atoms with van der Waals surface area (Å²) in [6.07, 6.45) is 14.6. The minimum Gasteiger partial charge on any atom is -0.465 e. The van der Waals surface area contributed by atoms with E-state index in [1.54, 1.807) is 19.9 Å². The highest BCUT2D eigenvalue weighted by atomic mass is 16.5. The van der Waals surface area contributed by atoms with E-state index >= 15 is 0 Å². The molecule has 3 rings (SSSR count).